The van der Waals surface area contributed by atoms with Crippen molar-refractivity contribution in [2.75, 3.05) is 18.6 Å². The monoisotopic (exact) mass is 270 g/mol. The Labute approximate surface area is 105 Å². The van der Waals surface area contributed by atoms with Gasteiger partial charge in [-0.3, -0.25) is 9.59 Å². The van der Waals surface area contributed by atoms with Crippen LogP contribution in [0, 0.1) is 0 Å². The van der Waals surface area contributed by atoms with Gasteiger partial charge in [0, 0.05) is 24.8 Å². The molecule has 2 rings (SSSR count). The van der Waals surface area contributed by atoms with Crippen molar-refractivity contribution in [2.24, 2.45) is 0 Å². The number of nitrogens with zero attached hydrogens (tertiary/aromatic N) is 1. The number of hydrogen-bond acceptors (Lipinski definition) is 4. The fourth-order valence-corrected chi connectivity index (χ4v) is 3.81. The maximum Gasteiger partial charge on any atom is 0.270 e. The van der Waals surface area contributed by atoms with Gasteiger partial charge in [0.15, 0.2) is 16.1 Å². The predicted molar refractivity (Wildman–Crippen MR) is 65.3 cm³/mol. The number of carbonyl (C=O) groups is 2. The van der Waals surface area contributed by atoms with Gasteiger partial charge in [-0.15, -0.1) is 0 Å². The van der Waals surface area contributed by atoms with E-state index in [1.54, 1.807) is 7.05 Å². The van der Waals surface area contributed by atoms with Gasteiger partial charge in [-0.25, -0.2) is 8.42 Å². The van der Waals surface area contributed by atoms with Gasteiger partial charge in [-0.2, -0.15) is 0 Å². The molecular weight excluding hydrogens is 256 g/mol. The fourth-order valence-electron chi connectivity index (χ4n) is 2.04. The van der Waals surface area contributed by atoms with E-state index in [0.29, 0.717) is 24.0 Å². The molecule has 0 spiro atoms. The highest BCUT2D eigenvalue weighted by molar-refractivity contribution is 7.91. The molecular formula is C11H14N2O4S. The van der Waals surface area contributed by atoms with Gasteiger partial charge in [0.25, 0.3) is 5.91 Å². The summed E-state index contributed by atoms with van der Waals surface area (Å²) in [5.41, 5.74) is 0.690. The molecule has 0 aliphatic carbocycles. The second kappa shape index (κ2) is 4.56. The number of hydrogen-bond donors (Lipinski definition) is 1. The average Bonchev–Trinajstić information content (AvgIpc) is 2.93. The summed E-state index contributed by atoms with van der Waals surface area (Å²) >= 11 is 0. The first-order chi connectivity index (χ1) is 8.43. The van der Waals surface area contributed by atoms with Crippen LogP contribution in [0.15, 0.2) is 12.3 Å². The Morgan fingerprint density at radius 1 is 1.56 bits per heavy atom. The highest BCUT2D eigenvalue weighted by Crippen LogP contribution is 2.18. The van der Waals surface area contributed by atoms with E-state index in [1.165, 1.54) is 17.2 Å². The Balaban J connectivity index is 2.12. The van der Waals surface area contributed by atoms with Crippen LogP contribution in [0.2, 0.25) is 0 Å². The Kier molecular flexibility index (Phi) is 3.25. The summed E-state index contributed by atoms with van der Waals surface area (Å²) < 4.78 is 22.7. The number of aromatic nitrogens is 1. The molecule has 0 aromatic carbocycles. The van der Waals surface area contributed by atoms with Crippen molar-refractivity contribution in [3.05, 3.63) is 23.5 Å². The molecule has 1 amide bonds. The molecule has 1 aromatic heterocycles. The molecule has 2 heterocycles. The van der Waals surface area contributed by atoms with Crippen LogP contribution in [0.5, 0.6) is 0 Å². The topological polar surface area (TPSA) is 87.3 Å². The number of amides is 1. The zero-order chi connectivity index (χ0) is 13.3. The minimum absolute atomic E-state index is 0.0104. The minimum atomic E-state index is -3.02. The molecule has 7 heteroatoms. The Morgan fingerprint density at radius 3 is 2.78 bits per heavy atom. The molecule has 98 valence electrons. The smallest absolute Gasteiger partial charge is 0.270 e. The lowest BCUT2D eigenvalue weighted by atomic mass is 10.2. The van der Waals surface area contributed by atoms with Crippen LogP contribution in [0.25, 0.3) is 0 Å². The normalized spacial score (nSPS) is 21.7. The zero-order valence-corrected chi connectivity index (χ0v) is 10.7. The second-order valence-electron chi connectivity index (χ2n) is 4.44. The molecule has 6 nitrogen and oxygen atoms in total. The predicted octanol–water partition coefficient (Wildman–Crippen LogP) is 0.0863. The molecule has 1 aliphatic heterocycles. The van der Waals surface area contributed by atoms with Crippen molar-refractivity contribution in [1.29, 1.82) is 0 Å². The molecule has 1 aliphatic rings. The van der Waals surface area contributed by atoms with Gasteiger partial charge in [-0.1, -0.05) is 0 Å². The van der Waals surface area contributed by atoms with E-state index < -0.39 is 9.84 Å². The summed E-state index contributed by atoms with van der Waals surface area (Å²) in [6, 6.07) is 1.17. The molecule has 0 bridgehead atoms. The van der Waals surface area contributed by atoms with Crippen molar-refractivity contribution in [2.45, 2.75) is 12.5 Å². The van der Waals surface area contributed by atoms with Crippen LogP contribution in [-0.2, 0) is 9.84 Å². The highest BCUT2D eigenvalue weighted by atomic mass is 32.2. The van der Waals surface area contributed by atoms with Gasteiger partial charge in [0.05, 0.1) is 11.5 Å². The van der Waals surface area contributed by atoms with E-state index in [-0.39, 0.29) is 23.5 Å². The number of rotatable bonds is 3. The molecule has 1 aromatic rings. The van der Waals surface area contributed by atoms with E-state index in [2.05, 4.69) is 4.98 Å². The number of aromatic amines is 1. The highest BCUT2D eigenvalue weighted by Gasteiger charge is 2.33. The number of carbonyl (C=O) groups excluding carboxylic acids is 2. The number of aldehydes is 1. The third-order valence-corrected chi connectivity index (χ3v) is 4.90. The van der Waals surface area contributed by atoms with E-state index >= 15 is 0 Å². The zero-order valence-electron chi connectivity index (χ0n) is 9.92. The van der Waals surface area contributed by atoms with Crippen molar-refractivity contribution in [3.8, 4) is 0 Å². The van der Waals surface area contributed by atoms with Gasteiger partial charge >= 0.3 is 0 Å². The summed E-state index contributed by atoms with van der Waals surface area (Å²) in [5, 5.41) is 0. The Hall–Kier alpha value is -1.63. The molecule has 1 fully saturated rings. The summed E-state index contributed by atoms with van der Waals surface area (Å²) in [5.74, 6) is -0.166. The van der Waals surface area contributed by atoms with Crippen molar-refractivity contribution >= 4 is 22.0 Å². The molecule has 18 heavy (non-hydrogen) atoms. The first-order valence-corrected chi connectivity index (χ1v) is 7.36. The van der Waals surface area contributed by atoms with Gasteiger partial charge in [0.2, 0.25) is 0 Å². The van der Waals surface area contributed by atoms with Crippen LogP contribution in [0.4, 0.5) is 0 Å². The quantitative estimate of drug-likeness (QED) is 0.788. The van der Waals surface area contributed by atoms with E-state index in [9.17, 15) is 18.0 Å². The summed E-state index contributed by atoms with van der Waals surface area (Å²) in [7, 11) is -1.44. The molecule has 0 radical (unpaired) electrons. The average molecular weight is 270 g/mol. The van der Waals surface area contributed by atoms with Crippen LogP contribution < -0.4 is 0 Å². The first kappa shape index (κ1) is 12.8. The van der Waals surface area contributed by atoms with E-state index in [1.807, 2.05) is 0 Å². The largest absolute Gasteiger partial charge is 0.356 e. The van der Waals surface area contributed by atoms with Crippen molar-refractivity contribution in [1.82, 2.24) is 9.88 Å². The molecule has 1 N–H and O–H groups in total. The molecule has 0 saturated carbocycles. The lowest BCUT2D eigenvalue weighted by molar-refractivity contribution is 0.0742. The number of sulfone groups is 1. The van der Waals surface area contributed by atoms with Gasteiger partial charge in [0.1, 0.15) is 5.69 Å². The standard InChI is InChI=1S/C11H14N2O4S/c1-13(9-2-3-18(16,17)7-9)11(15)10-4-8(6-14)5-12-10/h4-6,9,12H,2-3,7H2,1H3. The third-order valence-electron chi connectivity index (χ3n) is 3.15. The SMILES string of the molecule is CN(C(=O)c1cc(C=O)c[nH]1)C1CCS(=O)(=O)C1. The van der Waals surface area contributed by atoms with E-state index in [0.717, 1.165) is 0 Å². The van der Waals surface area contributed by atoms with Crippen LogP contribution >= 0.6 is 0 Å². The lowest BCUT2D eigenvalue weighted by Crippen LogP contribution is -2.37. The molecule has 1 unspecified atom stereocenters. The lowest BCUT2D eigenvalue weighted by Gasteiger charge is -2.22. The van der Waals surface area contributed by atoms with Gasteiger partial charge < -0.3 is 9.88 Å². The van der Waals surface area contributed by atoms with Crippen molar-refractivity contribution < 1.29 is 18.0 Å². The van der Waals surface area contributed by atoms with Gasteiger partial charge in [-0.05, 0) is 12.5 Å². The van der Waals surface area contributed by atoms with Crippen LogP contribution in [0.1, 0.15) is 27.3 Å². The molecule has 1 atom stereocenters. The number of nitrogens with one attached hydrogen (secondary N) is 1. The minimum Gasteiger partial charge on any atom is -0.356 e. The third kappa shape index (κ3) is 2.45. The molecule has 1 saturated heterocycles. The Bertz CT molecular complexity index is 576. The van der Waals surface area contributed by atoms with Crippen molar-refractivity contribution in [3.63, 3.8) is 0 Å². The Morgan fingerprint density at radius 2 is 2.28 bits per heavy atom. The number of H-pyrrole nitrogens is 1. The maximum atomic E-state index is 12.1. The summed E-state index contributed by atoms with van der Waals surface area (Å²) in [4.78, 5) is 26.7. The van der Waals surface area contributed by atoms with Crippen LogP contribution in [-0.4, -0.2) is 55.1 Å². The summed E-state index contributed by atoms with van der Waals surface area (Å²) in [6.07, 6.45) is 2.55. The van der Waals surface area contributed by atoms with Crippen LogP contribution in [0.3, 0.4) is 0 Å². The second-order valence-corrected chi connectivity index (χ2v) is 6.67. The van der Waals surface area contributed by atoms with E-state index in [4.69, 9.17) is 0 Å². The maximum absolute atomic E-state index is 12.1. The summed E-state index contributed by atoms with van der Waals surface area (Å²) in [6.45, 7) is 0. The first-order valence-electron chi connectivity index (χ1n) is 5.54. The fraction of sp³-hybridized carbons (Fsp3) is 0.455.